The number of hydrogen-bond acceptors (Lipinski definition) is 3. The predicted molar refractivity (Wildman–Crippen MR) is 81.7 cm³/mol. The molecule has 7 heteroatoms. The van der Waals surface area contributed by atoms with Gasteiger partial charge in [-0.15, -0.1) is 0 Å². The Morgan fingerprint density at radius 2 is 2.29 bits per heavy atom. The van der Waals surface area contributed by atoms with E-state index in [4.69, 9.17) is 9.84 Å². The van der Waals surface area contributed by atoms with Crippen LogP contribution in [-0.4, -0.2) is 48.3 Å². The highest BCUT2D eigenvalue weighted by Gasteiger charge is 2.21. The van der Waals surface area contributed by atoms with Gasteiger partial charge in [0.1, 0.15) is 0 Å². The summed E-state index contributed by atoms with van der Waals surface area (Å²) in [7, 11) is 1.66. The van der Waals surface area contributed by atoms with E-state index in [-0.39, 0.29) is 23.4 Å². The number of urea groups is 1. The maximum atomic E-state index is 12.1. The maximum Gasteiger partial charge on any atom is 0.337 e. The van der Waals surface area contributed by atoms with Crippen molar-refractivity contribution < 1.29 is 19.4 Å². The number of hydrogen-bond donors (Lipinski definition) is 2. The van der Waals surface area contributed by atoms with Crippen LogP contribution in [0.3, 0.4) is 0 Å². The van der Waals surface area contributed by atoms with Crippen molar-refractivity contribution in [3.05, 3.63) is 28.2 Å². The summed E-state index contributed by atoms with van der Waals surface area (Å²) in [5.41, 5.74) is 0.318. The van der Waals surface area contributed by atoms with Gasteiger partial charge in [-0.05, 0) is 31.0 Å². The number of carbonyl (C=O) groups excluding carboxylic acids is 1. The van der Waals surface area contributed by atoms with Crippen LogP contribution in [0.15, 0.2) is 22.7 Å². The summed E-state index contributed by atoms with van der Waals surface area (Å²) < 4.78 is 6.18. The molecule has 1 aromatic rings. The van der Waals surface area contributed by atoms with Gasteiger partial charge in [-0.25, -0.2) is 9.59 Å². The topological polar surface area (TPSA) is 78.9 Å². The molecular formula is C14H17BrN2O4. The number of likely N-dealkylation sites (N-methyl/N-ethyl adjacent to an activating group) is 1. The summed E-state index contributed by atoms with van der Waals surface area (Å²) in [6.07, 6.45) is 2.01. The Kier molecular flexibility index (Phi) is 5.19. The van der Waals surface area contributed by atoms with Crippen molar-refractivity contribution in [2.24, 2.45) is 0 Å². The number of aromatic carboxylic acids is 1. The quantitative estimate of drug-likeness (QED) is 0.869. The van der Waals surface area contributed by atoms with E-state index in [0.29, 0.717) is 11.0 Å². The number of carboxylic acid groups (broad SMARTS) is 1. The Morgan fingerprint density at radius 1 is 1.52 bits per heavy atom. The van der Waals surface area contributed by atoms with Crippen LogP contribution in [-0.2, 0) is 4.74 Å². The minimum atomic E-state index is -1.08. The summed E-state index contributed by atoms with van der Waals surface area (Å²) in [6, 6.07) is 4.28. The number of rotatable bonds is 4. The van der Waals surface area contributed by atoms with Crippen LogP contribution in [0.4, 0.5) is 10.5 Å². The van der Waals surface area contributed by atoms with E-state index < -0.39 is 5.97 Å². The number of ether oxygens (including phenoxy) is 1. The molecule has 1 aliphatic heterocycles. The van der Waals surface area contributed by atoms with Crippen LogP contribution >= 0.6 is 15.9 Å². The number of carbonyl (C=O) groups is 2. The molecule has 1 heterocycles. The molecule has 0 bridgehead atoms. The van der Waals surface area contributed by atoms with Crippen molar-refractivity contribution in [1.82, 2.24) is 4.90 Å². The van der Waals surface area contributed by atoms with E-state index >= 15 is 0 Å². The Morgan fingerprint density at radius 3 is 2.90 bits per heavy atom. The normalized spacial score (nSPS) is 17.5. The van der Waals surface area contributed by atoms with Gasteiger partial charge in [0.15, 0.2) is 0 Å². The van der Waals surface area contributed by atoms with E-state index in [1.165, 1.54) is 11.0 Å². The molecule has 0 aliphatic carbocycles. The maximum absolute atomic E-state index is 12.1. The lowest BCUT2D eigenvalue weighted by molar-refractivity contribution is 0.0698. The smallest absolute Gasteiger partial charge is 0.337 e. The molecule has 2 N–H and O–H groups in total. The molecule has 6 nitrogen and oxygen atoms in total. The second kappa shape index (κ2) is 6.91. The fourth-order valence-electron chi connectivity index (χ4n) is 2.19. The minimum absolute atomic E-state index is 0.0528. The van der Waals surface area contributed by atoms with Crippen LogP contribution in [0.5, 0.6) is 0 Å². The minimum Gasteiger partial charge on any atom is -0.478 e. The van der Waals surface area contributed by atoms with Crippen molar-refractivity contribution in [2.75, 3.05) is 25.5 Å². The number of nitrogens with zero attached hydrogens (tertiary/aromatic N) is 1. The second-order valence-corrected chi connectivity index (χ2v) is 5.86. The number of nitrogens with one attached hydrogen (secondary N) is 1. The lowest BCUT2D eigenvalue weighted by Gasteiger charge is -2.21. The molecule has 21 heavy (non-hydrogen) atoms. The Balaban J connectivity index is 2.04. The van der Waals surface area contributed by atoms with Crippen molar-refractivity contribution in [2.45, 2.75) is 18.9 Å². The second-order valence-electron chi connectivity index (χ2n) is 4.94. The van der Waals surface area contributed by atoms with Crippen LogP contribution in [0.1, 0.15) is 23.2 Å². The molecule has 0 saturated carbocycles. The molecule has 1 unspecified atom stereocenters. The molecule has 1 aromatic carbocycles. The average Bonchev–Trinajstić information content (AvgIpc) is 2.91. The van der Waals surface area contributed by atoms with E-state index in [1.54, 1.807) is 19.2 Å². The van der Waals surface area contributed by atoms with Gasteiger partial charge in [0.25, 0.3) is 0 Å². The molecule has 0 radical (unpaired) electrons. The molecule has 0 aromatic heterocycles. The molecule has 2 rings (SSSR count). The van der Waals surface area contributed by atoms with Gasteiger partial charge in [-0.2, -0.15) is 0 Å². The van der Waals surface area contributed by atoms with Gasteiger partial charge in [0, 0.05) is 24.7 Å². The SMILES string of the molecule is CN(CC1CCCO1)C(=O)Nc1cc(Br)ccc1C(=O)O. The Hall–Kier alpha value is -1.60. The number of carboxylic acids is 1. The summed E-state index contributed by atoms with van der Waals surface area (Å²) >= 11 is 3.27. The van der Waals surface area contributed by atoms with E-state index in [0.717, 1.165) is 19.4 Å². The van der Waals surface area contributed by atoms with E-state index in [1.807, 2.05) is 0 Å². The first-order chi connectivity index (χ1) is 9.97. The molecule has 114 valence electrons. The lowest BCUT2D eigenvalue weighted by Crippen LogP contribution is -2.37. The van der Waals surface area contributed by atoms with Crippen LogP contribution in [0, 0.1) is 0 Å². The van der Waals surface area contributed by atoms with Gasteiger partial charge in [0.05, 0.1) is 17.4 Å². The standard InChI is InChI=1S/C14H17BrN2O4/c1-17(8-10-3-2-6-21-10)14(20)16-12-7-9(15)4-5-11(12)13(18)19/h4-5,7,10H,2-3,6,8H2,1H3,(H,16,20)(H,18,19). The van der Waals surface area contributed by atoms with Crippen LogP contribution in [0.25, 0.3) is 0 Å². The van der Waals surface area contributed by atoms with Crippen LogP contribution < -0.4 is 5.32 Å². The van der Waals surface area contributed by atoms with Crippen molar-refractivity contribution in [1.29, 1.82) is 0 Å². The summed E-state index contributed by atoms with van der Waals surface area (Å²) in [6.45, 7) is 1.22. The highest BCUT2D eigenvalue weighted by molar-refractivity contribution is 9.10. The molecular weight excluding hydrogens is 340 g/mol. The lowest BCUT2D eigenvalue weighted by atomic mass is 10.2. The number of amides is 2. The average molecular weight is 357 g/mol. The third-order valence-electron chi connectivity index (χ3n) is 3.30. The first-order valence-corrected chi connectivity index (χ1v) is 7.43. The van der Waals surface area contributed by atoms with Gasteiger partial charge >= 0.3 is 12.0 Å². The summed E-state index contributed by atoms with van der Waals surface area (Å²) in [5, 5.41) is 11.8. The molecule has 2 amide bonds. The predicted octanol–water partition coefficient (Wildman–Crippen LogP) is 2.79. The van der Waals surface area contributed by atoms with E-state index in [2.05, 4.69) is 21.2 Å². The number of halogens is 1. The highest BCUT2D eigenvalue weighted by atomic mass is 79.9. The first-order valence-electron chi connectivity index (χ1n) is 6.64. The van der Waals surface area contributed by atoms with Crippen molar-refractivity contribution in [3.63, 3.8) is 0 Å². The molecule has 0 spiro atoms. The van der Waals surface area contributed by atoms with Crippen molar-refractivity contribution >= 4 is 33.6 Å². The number of anilines is 1. The molecule has 1 saturated heterocycles. The molecule has 1 fully saturated rings. The van der Waals surface area contributed by atoms with Gasteiger partial charge in [-0.1, -0.05) is 15.9 Å². The highest BCUT2D eigenvalue weighted by Crippen LogP contribution is 2.22. The molecule has 1 atom stereocenters. The zero-order chi connectivity index (χ0) is 15.4. The first kappa shape index (κ1) is 15.8. The Labute approximate surface area is 131 Å². The monoisotopic (exact) mass is 356 g/mol. The zero-order valence-electron chi connectivity index (χ0n) is 11.6. The third-order valence-corrected chi connectivity index (χ3v) is 3.80. The van der Waals surface area contributed by atoms with Gasteiger partial charge in [-0.3, -0.25) is 0 Å². The van der Waals surface area contributed by atoms with Crippen molar-refractivity contribution in [3.8, 4) is 0 Å². The zero-order valence-corrected chi connectivity index (χ0v) is 13.2. The molecule has 1 aliphatic rings. The fourth-order valence-corrected chi connectivity index (χ4v) is 2.55. The number of benzene rings is 1. The van der Waals surface area contributed by atoms with E-state index in [9.17, 15) is 9.59 Å². The third kappa shape index (κ3) is 4.18. The fraction of sp³-hybridized carbons (Fsp3) is 0.429. The van der Waals surface area contributed by atoms with Gasteiger partial charge in [0.2, 0.25) is 0 Å². The van der Waals surface area contributed by atoms with Crippen LogP contribution in [0.2, 0.25) is 0 Å². The summed E-state index contributed by atoms with van der Waals surface area (Å²) in [4.78, 5) is 24.8. The largest absolute Gasteiger partial charge is 0.478 e. The summed E-state index contributed by atoms with van der Waals surface area (Å²) in [5.74, 6) is -1.08. The van der Waals surface area contributed by atoms with Gasteiger partial charge < -0.3 is 20.1 Å². The Bertz CT molecular complexity index is 544.